The summed E-state index contributed by atoms with van der Waals surface area (Å²) < 4.78 is 4.92. The number of aliphatic hydroxyl groups excluding tert-OH is 1. The summed E-state index contributed by atoms with van der Waals surface area (Å²) in [5, 5.41) is 10.7. The van der Waals surface area contributed by atoms with E-state index in [4.69, 9.17) is 27.9 Å². The van der Waals surface area contributed by atoms with E-state index in [1.54, 1.807) is 18.2 Å². The molecule has 0 aliphatic rings. The molecule has 0 aliphatic heterocycles. The largest absolute Gasteiger partial charge is 0.466 e. The van der Waals surface area contributed by atoms with Gasteiger partial charge in [0, 0.05) is 6.42 Å². The van der Waals surface area contributed by atoms with Crippen molar-refractivity contribution in [2.45, 2.75) is 32.3 Å². The second-order valence-corrected chi connectivity index (χ2v) is 4.76. The van der Waals surface area contributed by atoms with E-state index in [0.717, 1.165) is 6.42 Å². The molecule has 3 nitrogen and oxygen atoms in total. The highest BCUT2D eigenvalue weighted by Crippen LogP contribution is 2.27. The molecule has 18 heavy (non-hydrogen) atoms. The molecule has 100 valence electrons. The highest BCUT2D eigenvalue weighted by Gasteiger charge is 2.12. The Balaban J connectivity index is 2.47. The molecule has 0 amide bonds. The summed E-state index contributed by atoms with van der Waals surface area (Å²) in [5.74, 6) is -0.295. The molecule has 1 unspecified atom stereocenters. The van der Waals surface area contributed by atoms with Crippen molar-refractivity contribution in [1.29, 1.82) is 0 Å². The Bertz CT molecular complexity index is 407. The summed E-state index contributed by atoms with van der Waals surface area (Å²) in [6, 6.07) is 4.92. The molecule has 0 radical (unpaired) electrons. The predicted molar refractivity (Wildman–Crippen MR) is 71.9 cm³/mol. The molecule has 1 aromatic carbocycles. The van der Waals surface area contributed by atoms with Crippen molar-refractivity contribution < 1.29 is 14.6 Å². The minimum absolute atomic E-state index is 0.182. The van der Waals surface area contributed by atoms with Crippen LogP contribution < -0.4 is 0 Å². The Morgan fingerprint density at radius 1 is 1.39 bits per heavy atom. The van der Waals surface area contributed by atoms with E-state index < -0.39 is 6.10 Å². The number of aliphatic hydroxyl groups is 1. The van der Waals surface area contributed by atoms with Crippen LogP contribution in [-0.4, -0.2) is 17.7 Å². The number of carbonyl (C=O) groups is 1. The Hall–Kier alpha value is -0.770. The van der Waals surface area contributed by atoms with E-state index in [9.17, 15) is 9.90 Å². The lowest BCUT2D eigenvalue weighted by atomic mass is 10.1. The summed E-state index contributed by atoms with van der Waals surface area (Å²) in [4.78, 5) is 11.3. The van der Waals surface area contributed by atoms with Gasteiger partial charge in [-0.25, -0.2) is 0 Å². The number of hydrogen-bond acceptors (Lipinski definition) is 3. The van der Waals surface area contributed by atoms with E-state index in [-0.39, 0.29) is 12.4 Å². The van der Waals surface area contributed by atoms with Gasteiger partial charge in [0.2, 0.25) is 0 Å². The summed E-state index contributed by atoms with van der Waals surface area (Å²) in [5.41, 5.74) is 0.646. The smallest absolute Gasteiger partial charge is 0.305 e. The zero-order valence-corrected chi connectivity index (χ0v) is 11.7. The van der Waals surface area contributed by atoms with Gasteiger partial charge in [-0.2, -0.15) is 0 Å². The molecule has 0 aromatic heterocycles. The first-order valence-corrected chi connectivity index (χ1v) is 6.58. The Morgan fingerprint density at radius 2 is 2.11 bits per heavy atom. The highest BCUT2D eigenvalue weighted by atomic mass is 35.5. The molecule has 1 atom stereocenters. The maximum Gasteiger partial charge on any atom is 0.305 e. The van der Waals surface area contributed by atoms with Crippen LogP contribution in [0.4, 0.5) is 0 Å². The minimum atomic E-state index is -0.742. The molecular weight excluding hydrogens is 275 g/mol. The molecule has 0 aliphatic carbocycles. The molecule has 0 fully saturated rings. The van der Waals surface area contributed by atoms with Crippen LogP contribution in [0.3, 0.4) is 0 Å². The molecular formula is C13H16Cl2O3. The van der Waals surface area contributed by atoms with Crippen LogP contribution in [0, 0.1) is 0 Å². The molecule has 0 saturated carbocycles. The normalized spacial score (nSPS) is 12.2. The Labute approximate surface area is 117 Å². The first-order chi connectivity index (χ1) is 8.54. The number of rotatable bonds is 6. The molecule has 1 N–H and O–H groups in total. The topological polar surface area (TPSA) is 46.5 Å². The molecule has 0 saturated heterocycles. The van der Waals surface area contributed by atoms with E-state index in [0.29, 0.717) is 28.6 Å². The van der Waals surface area contributed by atoms with E-state index in [1.807, 2.05) is 6.92 Å². The Morgan fingerprint density at radius 3 is 2.72 bits per heavy atom. The van der Waals surface area contributed by atoms with Gasteiger partial charge in [0.25, 0.3) is 0 Å². The Kier molecular flexibility index (Phi) is 6.47. The first kappa shape index (κ1) is 15.3. The van der Waals surface area contributed by atoms with Crippen LogP contribution in [-0.2, 0) is 9.53 Å². The lowest BCUT2D eigenvalue weighted by molar-refractivity contribution is -0.144. The van der Waals surface area contributed by atoms with Crippen molar-refractivity contribution in [3.63, 3.8) is 0 Å². The van der Waals surface area contributed by atoms with Gasteiger partial charge in [0.15, 0.2) is 0 Å². The third-order valence-corrected chi connectivity index (χ3v) is 3.16. The lowest BCUT2D eigenvalue weighted by Crippen LogP contribution is -2.08. The van der Waals surface area contributed by atoms with Crippen LogP contribution in [0.5, 0.6) is 0 Å². The third-order valence-electron chi connectivity index (χ3n) is 2.42. The van der Waals surface area contributed by atoms with Crippen LogP contribution in [0.25, 0.3) is 0 Å². The zero-order chi connectivity index (χ0) is 13.5. The van der Waals surface area contributed by atoms with Crippen molar-refractivity contribution in [1.82, 2.24) is 0 Å². The fraction of sp³-hybridized carbons (Fsp3) is 0.462. The van der Waals surface area contributed by atoms with E-state index >= 15 is 0 Å². The molecule has 0 bridgehead atoms. The average molecular weight is 291 g/mol. The predicted octanol–water partition coefficient (Wildman–Crippen LogP) is 3.76. The average Bonchev–Trinajstić information content (AvgIpc) is 2.36. The van der Waals surface area contributed by atoms with Crippen molar-refractivity contribution in [3.05, 3.63) is 33.8 Å². The van der Waals surface area contributed by atoms with Crippen LogP contribution >= 0.6 is 23.2 Å². The molecule has 0 heterocycles. The van der Waals surface area contributed by atoms with Crippen LogP contribution in [0.1, 0.15) is 37.9 Å². The quantitative estimate of drug-likeness (QED) is 0.812. The van der Waals surface area contributed by atoms with Crippen molar-refractivity contribution in [2.24, 2.45) is 0 Å². The fourth-order valence-electron chi connectivity index (χ4n) is 1.43. The molecule has 1 rings (SSSR count). The van der Waals surface area contributed by atoms with Gasteiger partial charge in [0.1, 0.15) is 0 Å². The number of carbonyl (C=O) groups excluding carboxylic acids is 1. The number of benzene rings is 1. The lowest BCUT2D eigenvalue weighted by Gasteiger charge is -2.11. The van der Waals surface area contributed by atoms with Gasteiger partial charge in [-0.05, 0) is 30.5 Å². The van der Waals surface area contributed by atoms with Crippen molar-refractivity contribution in [3.8, 4) is 0 Å². The highest BCUT2D eigenvalue weighted by molar-refractivity contribution is 6.42. The number of hydrogen-bond donors (Lipinski definition) is 1. The van der Waals surface area contributed by atoms with E-state index in [1.165, 1.54) is 0 Å². The van der Waals surface area contributed by atoms with Crippen LogP contribution in [0.15, 0.2) is 18.2 Å². The van der Waals surface area contributed by atoms with Gasteiger partial charge in [0.05, 0.1) is 22.8 Å². The summed E-state index contributed by atoms with van der Waals surface area (Å²) in [7, 11) is 0. The zero-order valence-electron chi connectivity index (χ0n) is 10.2. The summed E-state index contributed by atoms with van der Waals surface area (Å²) >= 11 is 11.6. The second kappa shape index (κ2) is 7.62. The van der Waals surface area contributed by atoms with E-state index in [2.05, 4.69) is 0 Å². The van der Waals surface area contributed by atoms with Crippen LogP contribution in [0.2, 0.25) is 10.0 Å². The number of ether oxygens (including phenoxy) is 1. The summed E-state index contributed by atoms with van der Waals surface area (Å²) in [6.07, 6.45) is 0.539. The van der Waals surface area contributed by atoms with Gasteiger partial charge < -0.3 is 9.84 Å². The monoisotopic (exact) mass is 290 g/mol. The summed E-state index contributed by atoms with van der Waals surface area (Å²) in [6.45, 7) is 2.35. The third kappa shape index (κ3) is 4.84. The number of esters is 1. The standard InChI is InChI=1S/C13H16Cl2O3/c1-2-7-18-13(17)6-5-12(16)9-3-4-10(14)11(15)8-9/h3-4,8,12,16H,2,5-7H2,1H3. The maximum atomic E-state index is 11.3. The molecule has 5 heteroatoms. The van der Waals surface area contributed by atoms with Crippen molar-refractivity contribution >= 4 is 29.2 Å². The molecule has 1 aromatic rings. The second-order valence-electron chi connectivity index (χ2n) is 3.95. The molecule has 0 spiro atoms. The fourth-order valence-corrected chi connectivity index (χ4v) is 1.74. The van der Waals surface area contributed by atoms with Crippen molar-refractivity contribution in [2.75, 3.05) is 6.61 Å². The van der Waals surface area contributed by atoms with Gasteiger partial charge in [-0.1, -0.05) is 36.2 Å². The van der Waals surface area contributed by atoms with Gasteiger partial charge in [-0.15, -0.1) is 0 Å². The maximum absolute atomic E-state index is 11.3. The SMILES string of the molecule is CCCOC(=O)CCC(O)c1ccc(Cl)c(Cl)c1. The number of halogens is 2. The minimum Gasteiger partial charge on any atom is -0.466 e. The van der Waals surface area contributed by atoms with Gasteiger partial charge in [-0.3, -0.25) is 4.79 Å². The van der Waals surface area contributed by atoms with Gasteiger partial charge >= 0.3 is 5.97 Å². The first-order valence-electron chi connectivity index (χ1n) is 5.83.